The Balaban J connectivity index is 1.46. The Kier molecular flexibility index (Phi) is 7.18. The molecule has 6 nitrogen and oxygen atoms in total. The van der Waals surface area contributed by atoms with Crippen molar-refractivity contribution in [3.8, 4) is 11.5 Å². The zero-order valence-corrected chi connectivity index (χ0v) is 17.0. The molecule has 0 spiro atoms. The van der Waals surface area contributed by atoms with Crippen molar-refractivity contribution < 1.29 is 19.1 Å². The highest BCUT2D eigenvalue weighted by Gasteiger charge is 2.34. The maximum atomic E-state index is 12.9. The van der Waals surface area contributed by atoms with Crippen molar-refractivity contribution in [2.45, 2.75) is 64.8 Å². The van der Waals surface area contributed by atoms with E-state index in [9.17, 15) is 9.59 Å². The number of ether oxygens (including phenoxy) is 2. The van der Waals surface area contributed by atoms with Gasteiger partial charge in [-0.3, -0.25) is 9.59 Å². The second kappa shape index (κ2) is 9.80. The summed E-state index contributed by atoms with van der Waals surface area (Å²) in [5.74, 6) is 1.85. The van der Waals surface area contributed by atoms with Gasteiger partial charge in [0.15, 0.2) is 11.5 Å². The fourth-order valence-electron chi connectivity index (χ4n) is 3.84. The van der Waals surface area contributed by atoms with E-state index in [0.29, 0.717) is 30.2 Å². The molecule has 1 saturated heterocycles. The summed E-state index contributed by atoms with van der Waals surface area (Å²) in [4.78, 5) is 27.2. The molecule has 2 heterocycles. The fraction of sp³-hybridized carbons (Fsp3) is 0.636. The highest BCUT2D eigenvalue weighted by Crippen LogP contribution is 2.33. The molecule has 2 aliphatic heterocycles. The number of nitrogens with one attached hydrogen (secondary N) is 1. The molecule has 1 unspecified atom stereocenters. The molecule has 1 aromatic rings. The van der Waals surface area contributed by atoms with Gasteiger partial charge in [0.2, 0.25) is 12.7 Å². The van der Waals surface area contributed by atoms with E-state index in [1.165, 1.54) is 19.3 Å². The number of unbranched alkanes of at least 4 members (excludes halogenated alkanes) is 3. The first-order chi connectivity index (χ1) is 13.6. The van der Waals surface area contributed by atoms with E-state index in [2.05, 4.69) is 19.2 Å². The largest absolute Gasteiger partial charge is 0.454 e. The monoisotopic (exact) mass is 388 g/mol. The predicted octanol–water partition coefficient (Wildman–Crippen LogP) is 3.74. The summed E-state index contributed by atoms with van der Waals surface area (Å²) in [6.45, 7) is 5.97. The van der Waals surface area contributed by atoms with E-state index in [0.717, 1.165) is 31.6 Å². The van der Waals surface area contributed by atoms with Crippen molar-refractivity contribution in [1.82, 2.24) is 10.2 Å². The van der Waals surface area contributed by atoms with Crippen molar-refractivity contribution in [1.29, 1.82) is 0 Å². The molecule has 154 valence electrons. The van der Waals surface area contributed by atoms with Gasteiger partial charge in [-0.2, -0.15) is 0 Å². The normalized spacial score (nSPS) is 18.0. The van der Waals surface area contributed by atoms with Crippen LogP contribution in [0.15, 0.2) is 18.2 Å². The molecule has 3 rings (SSSR count). The zero-order chi connectivity index (χ0) is 19.9. The molecular weight excluding hydrogens is 356 g/mol. The van der Waals surface area contributed by atoms with Crippen LogP contribution in [-0.2, 0) is 4.79 Å². The Morgan fingerprint density at radius 1 is 1.14 bits per heavy atom. The SMILES string of the molecule is CC(C)CCCCCCNC(=O)C1CCCN1C(=O)c1ccc2c(c1)OCO2. The van der Waals surface area contributed by atoms with E-state index < -0.39 is 0 Å². The molecule has 0 aliphatic carbocycles. The van der Waals surface area contributed by atoms with Gasteiger partial charge >= 0.3 is 0 Å². The van der Waals surface area contributed by atoms with E-state index in [1.807, 2.05) is 0 Å². The van der Waals surface area contributed by atoms with Crippen LogP contribution in [0, 0.1) is 5.92 Å². The molecule has 6 heteroatoms. The maximum Gasteiger partial charge on any atom is 0.254 e. The topological polar surface area (TPSA) is 67.9 Å². The highest BCUT2D eigenvalue weighted by atomic mass is 16.7. The van der Waals surface area contributed by atoms with Gasteiger partial charge in [0.1, 0.15) is 6.04 Å². The Hall–Kier alpha value is -2.24. The molecule has 0 saturated carbocycles. The first kappa shape index (κ1) is 20.5. The summed E-state index contributed by atoms with van der Waals surface area (Å²) in [6, 6.07) is 4.81. The third kappa shape index (κ3) is 5.18. The molecule has 2 aliphatic rings. The highest BCUT2D eigenvalue weighted by molar-refractivity contribution is 5.98. The first-order valence-electron chi connectivity index (χ1n) is 10.5. The number of benzene rings is 1. The minimum atomic E-state index is -0.376. The molecule has 1 atom stereocenters. The van der Waals surface area contributed by atoms with E-state index in [-0.39, 0.29) is 24.6 Å². The van der Waals surface area contributed by atoms with Gasteiger partial charge in [-0.15, -0.1) is 0 Å². The summed E-state index contributed by atoms with van der Waals surface area (Å²) in [6.07, 6.45) is 7.44. The molecular formula is C22H32N2O4. The van der Waals surface area contributed by atoms with Crippen LogP contribution in [0.3, 0.4) is 0 Å². The van der Waals surface area contributed by atoms with Gasteiger partial charge in [-0.1, -0.05) is 39.5 Å². The smallest absolute Gasteiger partial charge is 0.254 e. The van der Waals surface area contributed by atoms with Gasteiger partial charge in [-0.05, 0) is 43.4 Å². The summed E-state index contributed by atoms with van der Waals surface area (Å²) < 4.78 is 10.7. The molecule has 0 bridgehead atoms. The van der Waals surface area contributed by atoms with Crippen LogP contribution in [0.25, 0.3) is 0 Å². The van der Waals surface area contributed by atoms with Crippen molar-refractivity contribution >= 4 is 11.8 Å². The van der Waals surface area contributed by atoms with Crippen LogP contribution in [0.4, 0.5) is 0 Å². The van der Waals surface area contributed by atoms with Crippen LogP contribution in [-0.4, -0.2) is 42.6 Å². The van der Waals surface area contributed by atoms with Crippen LogP contribution in [0.2, 0.25) is 0 Å². The van der Waals surface area contributed by atoms with Crippen molar-refractivity contribution in [2.75, 3.05) is 19.9 Å². The third-order valence-corrected chi connectivity index (χ3v) is 5.44. The lowest BCUT2D eigenvalue weighted by Crippen LogP contribution is -2.46. The third-order valence-electron chi connectivity index (χ3n) is 5.44. The quantitative estimate of drug-likeness (QED) is 0.655. The number of fused-ring (bicyclic) bond motifs is 1. The molecule has 1 aromatic carbocycles. The number of nitrogens with zero attached hydrogens (tertiary/aromatic N) is 1. The van der Waals surface area contributed by atoms with Crippen molar-refractivity contribution in [2.24, 2.45) is 5.92 Å². The average molecular weight is 389 g/mol. The summed E-state index contributed by atoms with van der Waals surface area (Å²) in [5, 5.41) is 3.02. The minimum absolute atomic E-state index is 0.0335. The fourth-order valence-corrected chi connectivity index (χ4v) is 3.84. The number of carbonyl (C=O) groups excluding carboxylic acids is 2. The average Bonchev–Trinajstić information content (AvgIpc) is 3.34. The Labute approximate surface area is 167 Å². The first-order valence-corrected chi connectivity index (χ1v) is 10.5. The summed E-state index contributed by atoms with van der Waals surface area (Å²) in [5.41, 5.74) is 0.536. The van der Waals surface area contributed by atoms with Crippen LogP contribution in [0.1, 0.15) is 69.2 Å². The second-order valence-corrected chi connectivity index (χ2v) is 8.11. The van der Waals surface area contributed by atoms with Gasteiger partial charge in [0.05, 0.1) is 0 Å². The van der Waals surface area contributed by atoms with Crippen LogP contribution in [0.5, 0.6) is 11.5 Å². The Bertz CT molecular complexity index is 689. The number of hydrogen-bond donors (Lipinski definition) is 1. The number of rotatable bonds is 9. The van der Waals surface area contributed by atoms with Crippen LogP contribution < -0.4 is 14.8 Å². The minimum Gasteiger partial charge on any atom is -0.454 e. The van der Waals surface area contributed by atoms with E-state index in [1.54, 1.807) is 23.1 Å². The maximum absolute atomic E-state index is 12.9. The molecule has 1 N–H and O–H groups in total. The Morgan fingerprint density at radius 3 is 2.75 bits per heavy atom. The number of amides is 2. The zero-order valence-electron chi connectivity index (χ0n) is 17.0. The number of likely N-dealkylation sites (tertiary alicyclic amines) is 1. The molecule has 1 fully saturated rings. The number of hydrogen-bond acceptors (Lipinski definition) is 4. The summed E-state index contributed by atoms with van der Waals surface area (Å²) in [7, 11) is 0. The Morgan fingerprint density at radius 2 is 1.93 bits per heavy atom. The lowest BCUT2D eigenvalue weighted by Gasteiger charge is -2.24. The molecule has 0 aromatic heterocycles. The summed E-state index contributed by atoms with van der Waals surface area (Å²) >= 11 is 0. The molecule has 2 amide bonds. The number of carbonyl (C=O) groups is 2. The standard InChI is InChI=1S/C22H32N2O4/c1-16(2)8-5-3-4-6-12-23-21(25)18-9-7-13-24(18)22(26)17-10-11-19-20(14-17)28-15-27-19/h10-11,14,16,18H,3-9,12-13,15H2,1-2H3,(H,23,25). The van der Waals surface area contributed by atoms with Gasteiger partial charge < -0.3 is 19.7 Å². The molecule has 0 radical (unpaired) electrons. The van der Waals surface area contributed by atoms with E-state index >= 15 is 0 Å². The van der Waals surface area contributed by atoms with Crippen molar-refractivity contribution in [3.05, 3.63) is 23.8 Å². The predicted molar refractivity (Wildman–Crippen MR) is 108 cm³/mol. The van der Waals surface area contributed by atoms with Gasteiger partial charge in [-0.25, -0.2) is 0 Å². The molecule has 28 heavy (non-hydrogen) atoms. The second-order valence-electron chi connectivity index (χ2n) is 8.11. The lowest BCUT2D eigenvalue weighted by atomic mass is 10.0. The van der Waals surface area contributed by atoms with Gasteiger partial charge in [0, 0.05) is 18.7 Å². The lowest BCUT2D eigenvalue weighted by molar-refractivity contribution is -0.124. The van der Waals surface area contributed by atoms with E-state index in [4.69, 9.17) is 9.47 Å². The van der Waals surface area contributed by atoms with Gasteiger partial charge in [0.25, 0.3) is 5.91 Å². The van der Waals surface area contributed by atoms with Crippen molar-refractivity contribution in [3.63, 3.8) is 0 Å². The van der Waals surface area contributed by atoms with Crippen LogP contribution >= 0.6 is 0 Å².